The maximum absolute atomic E-state index is 13.4. The molecule has 0 saturated carbocycles. The molecule has 86 valence electrons. The highest BCUT2D eigenvalue weighted by atomic mass is 19.1. The van der Waals surface area contributed by atoms with E-state index >= 15 is 0 Å². The standard InChI is InChI=1S/C9H9FN2O4/c10-6-2-1-3-7(12(15)16)8(6)5(4-11)9(13)14/h1-3,5H,4,11H2,(H,13,14). The molecular formula is C9H9FN2O4. The summed E-state index contributed by atoms with van der Waals surface area (Å²) in [7, 11) is 0. The Balaban J connectivity index is 3.39. The summed E-state index contributed by atoms with van der Waals surface area (Å²) in [5.74, 6) is -3.75. The molecule has 1 rings (SSSR count). The molecule has 0 aromatic heterocycles. The first kappa shape index (κ1) is 12.1. The zero-order valence-electron chi connectivity index (χ0n) is 8.09. The zero-order chi connectivity index (χ0) is 12.3. The molecule has 0 spiro atoms. The maximum Gasteiger partial charge on any atom is 0.312 e. The molecule has 16 heavy (non-hydrogen) atoms. The predicted molar refractivity (Wildman–Crippen MR) is 52.5 cm³/mol. The Kier molecular flexibility index (Phi) is 3.51. The van der Waals surface area contributed by atoms with E-state index in [0.717, 1.165) is 18.2 Å². The molecule has 0 aliphatic rings. The van der Waals surface area contributed by atoms with Gasteiger partial charge in [-0.25, -0.2) is 4.39 Å². The second kappa shape index (κ2) is 4.67. The van der Waals surface area contributed by atoms with E-state index in [9.17, 15) is 19.3 Å². The Labute approximate surface area is 89.6 Å². The number of aliphatic carboxylic acids is 1. The lowest BCUT2D eigenvalue weighted by molar-refractivity contribution is -0.385. The largest absolute Gasteiger partial charge is 0.481 e. The molecule has 0 amide bonds. The number of nitro groups is 1. The molecular weight excluding hydrogens is 219 g/mol. The second-order valence-corrected chi connectivity index (χ2v) is 3.06. The summed E-state index contributed by atoms with van der Waals surface area (Å²) in [6.07, 6.45) is 0. The summed E-state index contributed by atoms with van der Waals surface area (Å²) in [5, 5.41) is 19.4. The van der Waals surface area contributed by atoms with Crippen LogP contribution in [0.25, 0.3) is 0 Å². The maximum atomic E-state index is 13.4. The van der Waals surface area contributed by atoms with E-state index in [1.807, 2.05) is 0 Å². The van der Waals surface area contributed by atoms with Gasteiger partial charge in [-0.1, -0.05) is 6.07 Å². The van der Waals surface area contributed by atoms with E-state index < -0.39 is 40.4 Å². The number of rotatable bonds is 4. The number of nitro benzene ring substituents is 1. The fourth-order valence-corrected chi connectivity index (χ4v) is 1.37. The van der Waals surface area contributed by atoms with Gasteiger partial charge >= 0.3 is 5.97 Å². The van der Waals surface area contributed by atoms with Crippen LogP contribution in [0.15, 0.2) is 18.2 Å². The Morgan fingerprint density at radius 3 is 2.69 bits per heavy atom. The number of halogens is 1. The average Bonchev–Trinajstić information content (AvgIpc) is 2.20. The number of nitrogens with two attached hydrogens (primary N) is 1. The van der Waals surface area contributed by atoms with E-state index in [1.165, 1.54) is 0 Å². The van der Waals surface area contributed by atoms with Gasteiger partial charge in [0.25, 0.3) is 5.69 Å². The number of carboxylic acid groups (broad SMARTS) is 1. The van der Waals surface area contributed by atoms with Crippen molar-refractivity contribution in [3.63, 3.8) is 0 Å². The van der Waals surface area contributed by atoms with Crippen LogP contribution < -0.4 is 5.73 Å². The minimum Gasteiger partial charge on any atom is -0.481 e. The molecule has 6 nitrogen and oxygen atoms in total. The smallest absolute Gasteiger partial charge is 0.312 e. The zero-order valence-corrected chi connectivity index (χ0v) is 8.09. The molecule has 0 aliphatic heterocycles. The van der Waals surface area contributed by atoms with Crippen LogP contribution in [0.4, 0.5) is 10.1 Å². The molecule has 1 aromatic rings. The van der Waals surface area contributed by atoms with Crippen molar-refractivity contribution < 1.29 is 19.2 Å². The van der Waals surface area contributed by atoms with Crippen molar-refractivity contribution in [2.24, 2.45) is 5.73 Å². The first-order chi connectivity index (χ1) is 7.49. The third-order valence-electron chi connectivity index (χ3n) is 2.11. The van der Waals surface area contributed by atoms with Crippen molar-refractivity contribution in [1.29, 1.82) is 0 Å². The number of hydrogen-bond acceptors (Lipinski definition) is 4. The van der Waals surface area contributed by atoms with E-state index in [0.29, 0.717) is 0 Å². The molecule has 1 atom stereocenters. The summed E-state index contributed by atoms with van der Waals surface area (Å²) in [4.78, 5) is 20.6. The topological polar surface area (TPSA) is 106 Å². The SMILES string of the molecule is NCC(C(=O)O)c1c(F)cccc1[N+](=O)[O-]. The first-order valence-corrected chi connectivity index (χ1v) is 4.34. The third kappa shape index (κ3) is 2.14. The van der Waals surface area contributed by atoms with Crippen molar-refractivity contribution in [2.45, 2.75) is 5.92 Å². The molecule has 0 radical (unpaired) electrons. The van der Waals surface area contributed by atoms with Gasteiger partial charge in [-0.3, -0.25) is 14.9 Å². The van der Waals surface area contributed by atoms with Crippen LogP contribution in [0.3, 0.4) is 0 Å². The van der Waals surface area contributed by atoms with E-state index in [2.05, 4.69) is 0 Å². The van der Waals surface area contributed by atoms with Crippen LogP contribution in [0.1, 0.15) is 11.5 Å². The van der Waals surface area contributed by atoms with Crippen LogP contribution in [0.5, 0.6) is 0 Å². The Hall–Kier alpha value is -2.02. The summed E-state index contributed by atoms with van der Waals surface area (Å²) in [6, 6.07) is 3.16. The number of benzene rings is 1. The lowest BCUT2D eigenvalue weighted by atomic mass is 9.97. The van der Waals surface area contributed by atoms with Gasteiger partial charge in [0.05, 0.1) is 10.5 Å². The van der Waals surface area contributed by atoms with Gasteiger partial charge in [0.2, 0.25) is 0 Å². The fraction of sp³-hybridized carbons (Fsp3) is 0.222. The highest BCUT2D eigenvalue weighted by molar-refractivity contribution is 5.78. The normalized spacial score (nSPS) is 12.1. The molecule has 0 heterocycles. The second-order valence-electron chi connectivity index (χ2n) is 3.06. The van der Waals surface area contributed by atoms with Crippen molar-refractivity contribution in [1.82, 2.24) is 0 Å². The minimum absolute atomic E-state index is 0.406. The van der Waals surface area contributed by atoms with Crippen LogP contribution in [0.2, 0.25) is 0 Å². The van der Waals surface area contributed by atoms with Crippen LogP contribution in [0, 0.1) is 15.9 Å². The molecule has 3 N–H and O–H groups in total. The Morgan fingerprint density at radius 2 is 2.25 bits per heavy atom. The molecule has 7 heteroatoms. The van der Waals surface area contributed by atoms with Crippen molar-refractivity contribution in [3.05, 3.63) is 39.7 Å². The highest BCUT2D eigenvalue weighted by Gasteiger charge is 2.29. The number of carboxylic acids is 1. The first-order valence-electron chi connectivity index (χ1n) is 4.34. The van der Waals surface area contributed by atoms with Crippen molar-refractivity contribution in [2.75, 3.05) is 6.54 Å². The lowest BCUT2D eigenvalue weighted by Gasteiger charge is -2.10. The number of nitrogens with zero attached hydrogens (tertiary/aromatic N) is 1. The summed E-state index contributed by atoms with van der Waals surface area (Å²) >= 11 is 0. The monoisotopic (exact) mass is 228 g/mol. The molecule has 0 bridgehead atoms. The number of hydrogen-bond donors (Lipinski definition) is 2. The van der Waals surface area contributed by atoms with E-state index in [4.69, 9.17) is 10.8 Å². The van der Waals surface area contributed by atoms with Crippen LogP contribution >= 0.6 is 0 Å². The van der Waals surface area contributed by atoms with Gasteiger partial charge in [-0.2, -0.15) is 0 Å². The molecule has 0 fully saturated rings. The molecule has 0 aliphatic carbocycles. The summed E-state index contributed by atoms with van der Waals surface area (Å²) < 4.78 is 13.4. The third-order valence-corrected chi connectivity index (χ3v) is 2.11. The van der Waals surface area contributed by atoms with Crippen molar-refractivity contribution in [3.8, 4) is 0 Å². The summed E-state index contributed by atoms with van der Waals surface area (Å²) in [5.41, 5.74) is 4.12. The molecule has 1 unspecified atom stereocenters. The highest BCUT2D eigenvalue weighted by Crippen LogP contribution is 2.28. The van der Waals surface area contributed by atoms with Gasteiger partial charge in [-0.05, 0) is 6.07 Å². The summed E-state index contributed by atoms with van der Waals surface area (Å²) in [6.45, 7) is -0.406. The average molecular weight is 228 g/mol. The molecule has 1 aromatic carbocycles. The lowest BCUT2D eigenvalue weighted by Crippen LogP contribution is -2.23. The van der Waals surface area contributed by atoms with Crippen molar-refractivity contribution >= 4 is 11.7 Å². The van der Waals surface area contributed by atoms with Gasteiger partial charge in [0, 0.05) is 12.6 Å². The van der Waals surface area contributed by atoms with Crippen LogP contribution in [-0.2, 0) is 4.79 Å². The van der Waals surface area contributed by atoms with E-state index in [-0.39, 0.29) is 0 Å². The Morgan fingerprint density at radius 1 is 1.62 bits per heavy atom. The predicted octanol–water partition coefficient (Wildman–Crippen LogP) is 0.861. The van der Waals surface area contributed by atoms with Gasteiger partial charge in [0.1, 0.15) is 11.7 Å². The van der Waals surface area contributed by atoms with E-state index in [1.54, 1.807) is 0 Å². The quantitative estimate of drug-likeness (QED) is 0.587. The Bertz CT molecular complexity index is 436. The number of carbonyl (C=O) groups is 1. The van der Waals surface area contributed by atoms with Crippen LogP contribution in [-0.4, -0.2) is 22.5 Å². The minimum atomic E-state index is -1.42. The molecule has 0 saturated heterocycles. The fourth-order valence-electron chi connectivity index (χ4n) is 1.37. The van der Waals surface area contributed by atoms with Gasteiger partial charge in [-0.15, -0.1) is 0 Å². The van der Waals surface area contributed by atoms with Gasteiger partial charge < -0.3 is 10.8 Å². The van der Waals surface area contributed by atoms with Gasteiger partial charge in [0.15, 0.2) is 0 Å².